The lowest BCUT2D eigenvalue weighted by molar-refractivity contribution is 0.0729. The van der Waals surface area contributed by atoms with E-state index in [4.69, 9.17) is 12.8 Å². The normalized spacial score (nSPS) is 17.8. The van der Waals surface area contributed by atoms with Crippen LogP contribution in [0.25, 0.3) is 27.7 Å². The lowest BCUT2D eigenvalue weighted by atomic mass is 9.60. The number of imidazole rings is 1. The molecule has 0 amide bonds. The molecule has 3 aromatic heterocycles. The molecule has 2 aliphatic carbocycles. The fourth-order valence-corrected chi connectivity index (χ4v) is 6.67. The Morgan fingerprint density at radius 1 is 1.12 bits per heavy atom. The topological polar surface area (TPSA) is 60.0 Å². The van der Waals surface area contributed by atoms with Crippen molar-refractivity contribution in [3.05, 3.63) is 41.5 Å². The molecule has 1 N–H and O–H groups in total. The quantitative estimate of drug-likeness (QED) is 0.102. The second-order valence-corrected chi connectivity index (χ2v) is 13.3. The molecular formula is C27H29BF4N6S2. The highest BCUT2D eigenvalue weighted by atomic mass is 32.2. The van der Waals surface area contributed by atoms with Crippen LogP contribution in [0.1, 0.15) is 56.5 Å². The molecule has 0 bridgehead atoms. The van der Waals surface area contributed by atoms with Crippen molar-refractivity contribution in [1.82, 2.24) is 24.1 Å². The minimum absolute atomic E-state index is 0.0281. The number of aromatic nitrogens is 5. The molecule has 3 heterocycles. The molecule has 6 nitrogen and oxygen atoms in total. The molecule has 1 spiro atoms. The summed E-state index contributed by atoms with van der Waals surface area (Å²) in [5.74, 6) is -0.857. The van der Waals surface area contributed by atoms with Crippen LogP contribution in [-0.4, -0.2) is 48.4 Å². The first-order chi connectivity index (χ1) is 18.9. The number of hydrogen-bond donors (Lipinski definition) is 3. The standard InChI is InChI=1S/C27H29BF4N6S2/c1-14-33-23-17(29)9-15(10-20(23)37(14)13-21(31)32)22-18(30)12-38-24(22)19(11-27(28,39)40)35-25(36-38)34-16-3-7-26(8-4-16)5-2-6-26/h9-10,12,16,21,39-40H,2-8,11,13H2,1H3,(H,34,36). The molecule has 4 aromatic rings. The van der Waals surface area contributed by atoms with Crippen LogP contribution in [0.5, 0.6) is 0 Å². The molecule has 210 valence electrons. The summed E-state index contributed by atoms with van der Waals surface area (Å²) in [5, 5.41) is 7.95. The maximum Gasteiger partial charge on any atom is 0.256 e. The van der Waals surface area contributed by atoms with Crippen molar-refractivity contribution >= 4 is 55.6 Å². The molecule has 0 atom stereocenters. The summed E-state index contributed by atoms with van der Waals surface area (Å²) in [4.78, 5) is 8.81. The number of benzene rings is 1. The molecule has 2 fully saturated rings. The van der Waals surface area contributed by atoms with Gasteiger partial charge in [-0.2, -0.15) is 25.3 Å². The van der Waals surface area contributed by atoms with E-state index in [9.17, 15) is 8.78 Å². The summed E-state index contributed by atoms with van der Waals surface area (Å²) in [5.41, 5.74) is 1.40. The summed E-state index contributed by atoms with van der Waals surface area (Å²) < 4.78 is 58.7. The molecule has 13 heteroatoms. The van der Waals surface area contributed by atoms with Crippen LogP contribution < -0.4 is 5.32 Å². The van der Waals surface area contributed by atoms with E-state index in [1.54, 1.807) is 0 Å². The smallest absolute Gasteiger partial charge is 0.256 e. The molecule has 0 aliphatic heterocycles. The highest BCUT2D eigenvalue weighted by molar-refractivity contribution is 8.02. The van der Waals surface area contributed by atoms with Gasteiger partial charge in [0.2, 0.25) is 5.95 Å². The molecule has 0 unspecified atom stereocenters. The Balaban J connectivity index is 1.43. The molecule has 2 radical (unpaired) electrons. The Morgan fingerprint density at radius 2 is 1.85 bits per heavy atom. The monoisotopic (exact) mass is 588 g/mol. The minimum atomic E-state index is -2.67. The van der Waals surface area contributed by atoms with E-state index in [1.807, 2.05) is 0 Å². The van der Waals surface area contributed by atoms with E-state index in [0.717, 1.165) is 31.7 Å². The van der Waals surface area contributed by atoms with Gasteiger partial charge < -0.3 is 9.88 Å². The van der Waals surface area contributed by atoms with Crippen LogP contribution in [0.4, 0.5) is 23.5 Å². The van der Waals surface area contributed by atoms with Crippen molar-refractivity contribution in [3.8, 4) is 11.1 Å². The summed E-state index contributed by atoms with van der Waals surface area (Å²) in [6, 6.07) is 2.80. The average Bonchev–Trinajstić information content (AvgIpc) is 3.33. The highest BCUT2D eigenvalue weighted by Gasteiger charge is 2.40. The first-order valence-electron chi connectivity index (χ1n) is 13.4. The average molecular weight is 589 g/mol. The lowest BCUT2D eigenvalue weighted by Crippen LogP contribution is -2.38. The van der Waals surface area contributed by atoms with Crippen molar-refractivity contribution in [1.29, 1.82) is 0 Å². The molecule has 2 saturated carbocycles. The van der Waals surface area contributed by atoms with Crippen molar-refractivity contribution in [3.63, 3.8) is 0 Å². The van der Waals surface area contributed by atoms with E-state index < -0.39 is 28.6 Å². The zero-order valence-electron chi connectivity index (χ0n) is 22.0. The number of fused-ring (bicyclic) bond motifs is 2. The molecule has 6 rings (SSSR count). The molecule has 1 aromatic carbocycles. The van der Waals surface area contributed by atoms with Crippen molar-refractivity contribution < 1.29 is 17.6 Å². The van der Waals surface area contributed by atoms with Gasteiger partial charge in [-0.05, 0) is 68.6 Å². The van der Waals surface area contributed by atoms with Gasteiger partial charge in [-0.15, -0.1) is 5.10 Å². The van der Waals surface area contributed by atoms with Gasteiger partial charge in [-0.25, -0.2) is 32.0 Å². The Bertz CT molecular complexity index is 1580. The number of aryl methyl sites for hydroxylation is 1. The van der Waals surface area contributed by atoms with Crippen LogP contribution in [0.15, 0.2) is 18.3 Å². The SMILES string of the molecule is [B]C(S)(S)Cc1nc(NC2CCC3(CCC3)CC2)nn2cc(F)c(-c3cc(F)c4nc(C)n(CC(F)F)c4c3)c12. The lowest BCUT2D eigenvalue weighted by Gasteiger charge is -2.47. The summed E-state index contributed by atoms with van der Waals surface area (Å²) in [6.45, 7) is 0.861. The number of alkyl halides is 2. The van der Waals surface area contributed by atoms with Gasteiger partial charge in [0.15, 0.2) is 11.6 Å². The van der Waals surface area contributed by atoms with E-state index in [2.05, 4.69) is 40.7 Å². The third-order valence-electron chi connectivity index (χ3n) is 8.49. The van der Waals surface area contributed by atoms with Gasteiger partial charge in [-0.1, -0.05) is 6.42 Å². The number of nitrogens with zero attached hydrogens (tertiary/aromatic N) is 5. The predicted molar refractivity (Wildman–Crippen MR) is 155 cm³/mol. The molecule has 0 saturated heterocycles. The van der Waals surface area contributed by atoms with Crippen molar-refractivity contribution in [2.75, 3.05) is 5.32 Å². The van der Waals surface area contributed by atoms with Gasteiger partial charge in [0.1, 0.15) is 19.2 Å². The van der Waals surface area contributed by atoms with E-state index in [0.29, 0.717) is 17.1 Å². The Kier molecular flexibility index (Phi) is 7.04. The molecule has 40 heavy (non-hydrogen) atoms. The zero-order chi connectivity index (χ0) is 28.4. The third-order valence-corrected chi connectivity index (χ3v) is 8.80. The second kappa shape index (κ2) is 10.1. The highest BCUT2D eigenvalue weighted by Crippen LogP contribution is 2.51. The zero-order valence-corrected chi connectivity index (χ0v) is 23.8. The van der Waals surface area contributed by atoms with Crippen LogP contribution >= 0.6 is 25.3 Å². The number of thiol groups is 2. The van der Waals surface area contributed by atoms with Gasteiger partial charge in [0.25, 0.3) is 6.43 Å². The third kappa shape index (κ3) is 5.19. The summed E-state index contributed by atoms with van der Waals surface area (Å²) in [7, 11) is 6.11. The number of rotatable bonds is 7. The molecule has 2 aliphatic rings. The van der Waals surface area contributed by atoms with E-state index in [1.165, 1.54) is 47.5 Å². The maximum atomic E-state index is 15.6. The van der Waals surface area contributed by atoms with Crippen LogP contribution in [0.3, 0.4) is 0 Å². The van der Waals surface area contributed by atoms with E-state index >= 15 is 8.78 Å². The van der Waals surface area contributed by atoms with Crippen LogP contribution in [0, 0.1) is 24.0 Å². The Hall–Kier alpha value is -2.41. The minimum Gasteiger partial charge on any atom is -0.350 e. The summed E-state index contributed by atoms with van der Waals surface area (Å²) in [6.07, 6.45) is 6.81. The van der Waals surface area contributed by atoms with Crippen LogP contribution in [0.2, 0.25) is 0 Å². The largest absolute Gasteiger partial charge is 0.350 e. The predicted octanol–water partition coefficient (Wildman–Crippen LogP) is 6.35. The number of hydrogen-bond acceptors (Lipinski definition) is 6. The Morgan fingerprint density at radius 3 is 2.48 bits per heavy atom. The second-order valence-electron chi connectivity index (χ2n) is 11.3. The summed E-state index contributed by atoms with van der Waals surface area (Å²) >= 11 is 8.70. The number of anilines is 1. The molecular weight excluding hydrogens is 559 g/mol. The van der Waals surface area contributed by atoms with Gasteiger partial charge >= 0.3 is 0 Å². The maximum absolute atomic E-state index is 15.6. The van der Waals surface area contributed by atoms with Gasteiger partial charge in [-0.3, -0.25) is 0 Å². The van der Waals surface area contributed by atoms with Crippen LogP contribution in [-0.2, 0) is 13.0 Å². The van der Waals surface area contributed by atoms with E-state index in [-0.39, 0.29) is 46.0 Å². The Labute approximate surface area is 241 Å². The van der Waals surface area contributed by atoms with Crippen molar-refractivity contribution in [2.45, 2.75) is 81.3 Å². The van der Waals surface area contributed by atoms with Crippen molar-refractivity contribution in [2.24, 2.45) is 5.41 Å². The first kappa shape index (κ1) is 27.7. The van der Waals surface area contributed by atoms with Gasteiger partial charge in [0, 0.05) is 22.0 Å². The number of halogens is 4. The number of nitrogens with one attached hydrogen (secondary N) is 1. The first-order valence-corrected chi connectivity index (χ1v) is 14.3. The fraction of sp³-hybridized carbons (Fsp3) is 0.519. The van der Waals surface area contributed by atoms with Gasteiger partial charge in [0.05, 0.1) is 29.5 Å². The fourth-order valence-electron chi connectivity index (χ4n) is 6.37.